The smallest absolute Gasteiger partial charge is 0.328 e. The molecule has 0 radical (unpaired) electrons. The molecule has 1 fully saturated rings. The van der Waals surface area contributed by atoms with Crippen molar-refractivity contribution in [2.24, 2.45) is 5.92 Å². The summed E-state index contributed by atoms with van der Waals surface area (Å²) in [6.45, 7) is 3.18. The number of ether oxygens (including phenoxy) is 1. The molecule has 2 N–H and O–H groups in total. The summed E-state index contributed by atoms with van der Waals surface area (Å²) in [5.74, 6) is -0.0514. The molecule has 0 unspecified atom stereocenters. The average Bonchev–Trinajstić information content (AvgIpc) is 3.21. The Morgan fingerprint density at radius 2 is 2.00 bits per heavy atom. The van der Waals surface area contributed by atoms with Gasteiger partial charge in [-0.3, -0.25) is 14.2 Å². The molecule has 1 aliphatic heterocycles. The molecule has 1 aromatic heterocycles. The van der Waals surface area contributed by atoms with Crippen molar-refractivity contribution >= 4 is 16.8 Å². The number of fused-ring (bicyclic) bond motifs is 1. The molecule has 4 rings (SSSR count). The number of hydrogen-bond donors (Lipinski definition) is 2. The van der Waals surface area contributed by atoms with Crippen molar-refractivity contribution in [2.45, 2.75) is 26.0 Å². The zero-order valence-corrected chi connectivity index (χ0v) is 16.2. The van der Waals surface area contributed by atoms with E-state index in [0.29, 0.717) is 36.2 Å². The number of nitrogens with one attached hydrogen (secondary N) is 2. The molecule has 1 amide bonds. The Balaban J connectivity index is 1.51. The third-order valence-corrected chi connectivity index (χ3v) is 5.43. The number of aromatic amines is 1. The number of benzene rings is 2. The first-order chi connectivity index (χ1) is 14.1. The third kappa shape index (κ3) is 3.73. The largest absolute Gasteiger partial charge is 0.373 e. The monoisotopic (exact) mass is 393 g/mol. The molecule has 0 bridgehead atoms. The molecule has 150 valence electrons. The van der Waals surface area contributed by atoms with Crippen LogP contribution in [0.5, 0.6) is 0 Å². The van der Waals surface area contributed by atoms with Crippen molar-refractivity contribution in [1.82, 2.24) is 14.9 Å². The maximum absolute atomic E-state index is 12.7. The van der Waals surface area contributed by atoms with Gasteiger partial charge in [-0.2, -0.15) is 0 Å². The lowest BCUT2D eigenvalue weighted by molar-refractivity contribution is 0.0846. The van der Waals surface area contributed by atoms with Crippen LogP contribution in [0.3, 0.4) is 0 Å². The second kappa shape index (κ2) is 8.05. The Labute approximate surface area is 167 Å². The van der Waals surface area contributed by atoms with Crippen LogP contribution in [0.2, 0.25) is 0 Å². The first kappa shape index (κ1) is 19.1. The van der Waals surface area contributed by atoms with Gasteiger partial charge in [0.1, 0.15) is 0 Å². The molecular weight excluding hydrogens is 370 g/mol. The topological polar surface area (TPSA) is 93.2 Å². The minimum atomic E-state index is -0.476. The van der Waals surface area contributed by atoms with E-state index in [2.05, 4.69) is 10.3 Å². The minimum absolute atomic E-state index is 0.0306. The van der Waals surface area contributed by atoms with Gasteiger partial charge in [0.15, 0.2) is 0 Å². The summed E-state index contributed by atoms with van der Waals surface area (Å²) in [6.07, 6.45) is 0.846. The zero-order chi connectivity index (χ0) is 20.4. The molecule has 1 aliphatic rings. The van der Waals surface area contributed by atoms with Crippen molar-refractivity contribution in [1.29, 1.82) is 0 Å². The summed E-state index contributed by atoms with van der Waals surface area (Å²) >= 11 is 0. The quantitative estimate of drug-likeness (QED) is 0.695. The lowest BCUT2D eigenvalue weighted by Gasteiger charge is -2.19. The highest BCUT2D eigenvalue weighted by molar-refractivity contribution is 5.97. The molecule has 7 nitrogen and oxygen atoms in total. The fourth-order valence-corrected chi connectivity index (χ4v) is 3.86. The number of amides is 1. The highest BCUT2D eigenvalue weighted by Gasteiger charge is 2.29. The van der Waals surface area contributed by atoms with Gasteiger partial charge in [-0.25, -0.2) is 4.79 Å². The highest BCUT2D eigenvalue weighted by Crippen LogP contribution is 2.33. The summed E-state index contributed by atoms with van der Waals surface area (Å²) in [6, 6.07) is 14.7. The van der Waals surface area contributed by atoms with E-state index < -0.39 is 5.69 Å². The maximum atomic E-state index is 12.7. The van der Waals surface area contributed by atoms with E-state index in [1.165, 1.54) is 0 Å². The second-order valence-corrected chi connectivity index (χ2v) is 7.20. The van der Waals surface area contributed by atoms with Gasteiger partial charge >= 0.3 is 5.69 Å². The van der Waals surface area contributed by atoms with Crippen molar-refractivity contribution in [3.8, 4) is 0 Å². The van der Waals surface area contributed by atoms with Crippen LogP contribution in [-0.4, -0.2) is 28.6 Å². The van der Waals surface area contributed by atoms with E-state index in [1.54, 1.807) is 25.1 Å². The van der Waals surface area contributed by atoms with Gasteiger partial charge in [-0.15, -0.1) is 0 Å². The zero-order valence-electron chi connectivity index (χ0n) is 16.2. The van der Waals surface area contributed by atoms with Crippen LogP contribution in [0.4, 0.5) is 0 Å². The van der Waals surface area contributed by atoms with Gasteiger partial charge in [-0.05, 0) is 37.1 Å². The summed E-state index contributed by atoms with van der Waals surface area (Å²) in [4.78, 5) is 39.7. The molecule has 2 heterocycles. The standard InChI is InChI=1S/C22H23N3O4/c1-2-25-21(27)17-9-8-15(12-18(17)24-22(25)28)20(26)23-13-16-10-11-29-19(16)14-6-4-3-5-7-14/h3-9,12,16,19H,2,10-11,13H2,1H3,(H,23,26)(H,24,28)/t16-,19-/m0/s1. The Hall–Kier alpha value is -3.19. The molecule has 2 atom stereocenters. The normalized spacial score (nSPS) is 18.8. The van der Waals surface area contributed by atoms with Gasteiger partial charge < -0.3 is 15.0 Å². The first-order valence-corrected chi connectivity index (χ1v) is 9.80. The number of rotatable bonds is 5. The minimum Gasteiger partial charge on any atom is -0.373 e. The van der Waals surface area contributed by atoms with E-state index in [1.807, 2.05) is 30.3 Å². The van der Waals surface area contributed by atoms with E-state index in [4.69, 9.17) is 4.74 Å². The molecule has 3 aromatic rings. The number of nitrogens with zero attached hydrogens (tertiary/aromatic N) is 1. The number of hydrogen-bond acceptors (Lipinski definition) is 4. The lowest BCUT2D eigenvalue weighted by atomic mass is 9.95. The molecule has 0 aliphatic carbocycles. The maximum Gasteiger partial charge on any atom is 0.328 e. The first-order valence-electron chi connectivity index (χ1n) is 9.80. The molecule has 0 spiro atoms. The van der Waals surface area contributed by atoms with Gasteiger partial charge in [0.05, 0.1) is 17.0 Å². The van der Waals surface area contributed by atoms with Gasteiger partial charge in [0.2, 0.25) is 0 Å². The summed E-state index contributed by atoms with van der Waals surface area (Å²) in [5, 5.41) is 3.35. The predicted octanol–water partition coefficient (Wildman–Crippen LogP) is 2.22. The van der Waals surface area contributed by atoms with Crippen molar-refractivity contribution < 1.29 is 9.53 Å². The van der Waals surface area contributed by atoms with Crippen LogP contribution in [-0.2, 0) is 11.3 Å². The second-order valence-electron chi connectivity index (χ2n) is 7.20. The van der Waals surface area contributed by atoms with Gasteiger partial charge in [0.25, 0.3) is 11.5 Å². The van der Waals surface area contributed by atoms with Crippen LogP contribution in [0, 0.1) is 5.92 Å². The van der Waals surface area contributed by atoms with Crippen molar-refractivity contribution in [2.75, 3.05) is 13.2 Å². The Bertz CT molecular complexity index is 1150. The molecule has 7 heteroatoms. The van der Waals surface area contributed by atoms with Crippen molar-refractivity contribution in [3.63, 3.8) is 0 Å². The Morgan fingerprint density at radius 3 is 2.76 bits per heavy atom. The third-order valence-electron chi connectivity index (χ3n) is 5.43. The number of aromatic nitrogens is 2. The van der Waals surface area contributed by atoms with Gasteiger partial charge in [0, 0.05) is 31.2 Å². The highest BCUT2D eigenvalue weighted by atomic mass is 16.5. The fraction of sp³-hybridized carbons (Fsp3) is 0.318. The van der Waals surface area contributed by atoms with E-state index in [0.717, 1.165) is 16.6 Å². The predicted molar refractivity (Wildman–Crippen MR) is 110 cm³/mol. The van der Waals surface area contributed by atoms with Gasteiger partial charge in [-0.1, -0.05) is 30.3 Å². The Kier molecular flexibility index (Phi) is 5.31. The fourth-order valence-electron chi connectivity index (χ4n) is 3.86. The Morgan fingerprint density at radius 1 is 1.21 bits per heavy atom. The van der Waals surface area contributed by atoms with E-state index in [-0.39, 0.29) is 23.5 Å². The summed E-state index contributed by atoms with van der Waals surface area (Å²) in [7, 11) is 0. The molecule has 1 saturated heterocycles. The molecule has 0 saturated carbocycles. The molecule has 29 heavy (non-hydrogen) atoms. The van der Waals surface area contributed by atoms with Crippen LogP contribution in [0.25, 0.3) is 10.9 Å². The average molecular weight is 393 g/mol. The molecular formula is C22H23N3O4. The molecule has 2 aromatic carbocycles. The van der Waals surface area contributed by atoms with Crippen LogP contribution < -0.4 is 16.6 Å². The van der Waals surface area contributed by atoms with Crippen LogP contribution >= 0.6 is 0 Å². The summed E-state index contributed by atoms with van der Waals surface area (Å²) < 4.78 is 7.00. The number of carbonyl (C=O) groups is 1. The lowest BCUT2D eigenvalue weighted by Crippen LogP contribution is -2.34. The van der Waals surface area contributed by atoms with Crippen LogP contribution in [0.15, 0.2) is 58.1 Å². The van der Waals surface area contributed by atoms with Crippen LogP contribution in [0.1, 0.15) is 35.4 Å². The number of carbonyl (C=O) groups excluding carboxylic acids is 1. The van der Waals surface area contributed by atoms with Crippen molar-refractivity contribution in [3.05, 3.63) is 80.5 Å². The van der Waals surface area contributed by atoms with E-state index >= 15 is 0 Å². The van der Waals surface area contributed by atoms with E-state index in [9.17, 15) is 14.4 Å². The summed E-state index contributed by atoms with van der Waals surface area (Å²) in [5.41, 5.74) is 1.05. The number of H-pyrrole nitrogens is 1. The SMILES string of the molecule is CCn1c(=O)[nH]c2cc(C(=O)NC[C@@H]3CCO[C@H]3c3ccccc3)ccc2c1=O.